The zero-order valence-electron chi connectivity index (χ0n) is 13.9. The molecule has 4 nitrogen and oxygen atoms in total. The number of halogens is 1. The Bertz CT molecular complexity index is 989. The van der Waals surface area contributed by atoms with Gasteiger partial charge in [-0.25, -0.2) is 5.01 Å². The quantitative estimate of drug-likeness (QED) is 0.646. The van der Waals surface area contributed by atoms with Gasteiger partial charge in [-0.05, 0) is 35.9 Å². The summed E-state index contributed by atoms with van der Waals surface area (Å²) < 4.78 is 6.30. The van der Waals surface area contributed by atoms with Crippen molar-refractivity contribution >= 4 is 17.3 Å². The number of hydrogen-bond acceptors (Lipinski definition) is 4. The molecule has 5 rings (SSSR count). The first kappa shape index (κ1) is 15.4. The van der Waals surface area contributed by atoms with E-state index in [1.807, 2.05) is 48.5 Å². The molecule has 0 saturated carbocycles. The van der Waals surface area contributed by atoms with E-state index in [1.54, 1.807) is 12.4 Å². The van der Waals surface area contributed by atoms with Gasteiger partial charge in [0.15, 0.2) is 0 Å². The molecule has 2 aliphatic heterocycles. The van der Waals surface area contributed by atoms with E-state index in [1.165, 1.54) is 5.56 Å². The van der Waals surface area contributed by atoms with Gasteiger partial charge in [0.2, 0.25) is 6.23 Å². The fourth-order valence-electron chi connectivity index (χ4n) is 3.62. The Morgan fingerprint density at radius 2 is 1.85 bits per heavy atom. The summed E-state index contributed by atoms with van der Waals surface area (Å²) >= 11 is 6.18. The van der Waals surface area contributed by atoms with Gasteiger partial charge in [-0.2, -0.15) is 5.10 Å². The standard InChI is InChI=1S/C21H16ClN3O/c22-16-5-3-4-15(12-16)18-13-19-17-6-1-2-7-20(17)26-21(25(19)24-18)14-8-10-23-11-9-14/h1-12,19,21H,13H2/t19-,21+/m1/s1. The first-order valence-electron chi connectivity index (χ1n) is 8.57. The first-order valence-corrected chi connectivity index (χ1v) is 8.95. The molecule has 0 unspecified atom stereocenters. The summed E-state index contributed by atoms with van der Waals surface area (Å²) in [4.78, 5) is 4.12. The lowest BCUT2D eigenvalue weighted by Gasteiger charge is -2.38. The lowest BCUT2D eigenvalue weighted by molar-refractivity contribution is -0.0190. The van der Waals surface area contributed by atoms with Crippen LogP contribution in [-0.2, 0) is 0 Å². The molecule has 3 aromatic rings. The lowest BCUT2D eigenvalue weighted by atomic mass is 9.96. The van der Waals surface area contributed by atoms with Gasteiger partial charge in [0, 0.05) is 35.0 Å². The molecule has 0 N–H and O–H groups in total. The van der Waals surface area contributed by atoms with E-state index in [4.69, 9.17) is 21.4 Å². The van der Waals surface area contributed by atoms with Crippen LogP contribution in [0.25, 0.3) is 0 Å². The van der Waals surface area contributed by atoms with Crippen molar-refractivity contribution in [3.8, 4) is 5.75 Å². The minimum atomic E-state index is -0.269. The van der Waals surface area contributed by atoms with E-state index in [-0.39, 0.29) is 12.3 Å². The van der Waals surface area contributed by atoms with Gasteiger partial charge in [-0.15, -0.1) is 0 Å². The molecular weight excluding hydrogens is 346 g/mol. The Hall–Kier alpha value is -2.85. The molecule has 0 saturated heterocycles. The third-order valence-electron chi connectivity index (χ3n) is 4.85. The van der Waals surface area contributed by atoms with Crippen molar-refractivity contribution in [3.05, 3.63) is 94.8 Å². The van der Waals surface area contributed by atoms with Crippen LogP contribution < -0.4 is 4.74 Å². The number of benzene rings is 2. The topological polar surface area (TPSA) is 37.7 Å². The van der Waals surface area contributed by atoms with E-state index in [9.17, 15) is 0 Å². The molecular formula is C21H16ClN3O. The van der Waals surface area contributed by atoms with Crippen molar-refractivity contribution in [1.82, 2.24) is 9.99 Å². The maximum absolute atomic E-state index is 6.30. The first-order chi connectivity index (χ1) is 12.8. The predicted octanol–water partition coefficient (Wildman–Crippen LogP) is 4.98. The van der Waals surface area contributed by atoms with Crippen LogP contribution in [0, 0.1) is 0 Å². The fourth-order valence-corrected chi connectivity index (χ4v) is 3.82. The van der Waals surface area contributed by atoms with Crippen LogP contribution >= 0.6 is 11.6 Å². The smallest absolute Gasteiger partial charge is 0.213 e. The van der Waals surface area contributed by atoms with E-state index in [0.717, 1.165) is 34.0 Å². The van der Waals surface area contributed by atoms with E-state index in [2.05, 4.69) is 22.1 Å². The number of rotatable bonds is 2. The van der Waals surface area contributed by atoms with Crippen LogP contribution in [0.3, 0.4) is 0 Å². The van der Waals surface area contributed by atoms with E-state index in [0.29, 0.717) is 0 Å². The number of fused-ring (bicyclic) bond motifs is 3. The summed E-state index contributed by atoms with van der Waals surface area (Å²) in [6.45, 7) is 0. The normalized spacial score (nSPS) is 20.8. The highest BCUT2D eigenvalue weighted by Crippen LogP contribution is 2.47. The molecule has 3 heterocycles. The van der Waals surface area contributed by atoms with Crippen LogP contribution in [0.5, 0.6) is 5.75 Å². The maximum atomic E-state index is 6.30. The molecule has 0 fully saturated rings. The zero-order valence-corrected chi connectivity index (χ0v) is 14.7. The Morgan fingerprint density at radius 1 is 1.00 bits per heavy atom. The van der Waals surface area contributed by atoms with Crippen LogP contribution in [-0.4, -0.2) is 15.7 Å². The largest absolute Gasteiger partial charge is 0.464 e. The zero-order chi connectivity index (χ0) is 17.5. The Labute approximate surface area is 156 Å². The predicted molar refractivity (Wildman–Crippen MR) is 101 cm³/mol. The summed E-state index contributed by atoms with van der Waals surface area (Å²) in [6, 6.07) is 20.2. The third kappa shape index (κ3) is 2.54. The number of pyridine rings is 1. The number of ether oxygens (including phenoxy) is 1. The van der Waals surface area contributed by atoms with Crippen LogP contribution in [0.15, 0.2) is 78.2 Å². The average molecular weight is 362 g/mol. The van der Waals surface area contributed by atoms with Gasteiger partial charge in [0.05, 0.1) is 11.8 Å². The highest BCUT2D eigenvalue weighted by molar-refractivity contribution is 6.31. The number of hydrazone groups is 1. The second-order valence-corrected chi connectivity index (χ2v) is 6.88. The molecule has 2 aromatic carbocycles. The van der Waals surface area contributed by atoms with Gasteiger partial charge in [-0.3, -0.25) is 4.98 Å². The molecule has 0 aliphatic carbocycles. The van der Waals surface area contributed by atoms with Crippen molar-refractivity contribution in [2.45, 2.75) is 18.7 Å². The molecule has 0 radical (unpaired) electrons. The number of para-hydroxylation sites is 1. The highest BCUT2D eigenvalue weighted by Gasteiger charge is 2.40. The molecule has 0 amide bonds. The van der Waals surface area contributed by atoms with Crippen molar-refractivity contribution in [1.29, 1.82) is 0 Å². The van der Waals surface area contributed by atoms with Crippen molar-refractivity contribution < 1.29 is 4.74 Å². The van der Waals surface area contributed by atoms with Gasteiger partial charge in [-0.1, -0.05) is 41.9 Å². The molecule has 2 aliphatic rings. The van der Waals surface area contributed by atoms with Gasteiger partial charge >= 0.3 is 0 Å². The summed E-state index contributed by atoms with van der Waals surface area (Å²) in [5.74, 6) is 0.915. The number of hydrogen-bond donors (Lipinski definition) is 0. The SMILES string of the molecule is Clc1cccc(C2=NN3[C@H](C2)c2ccccc2O[C@H]3c2ccncc2)c1. The van der Waals surface area contributed by atoms with Crippen molar-refractivity contribution in [2.75, 3.05) is 0 Å². The van der Waals surface area contributed by atoms with Crippen LogP contribution in [0.4, 0.5) is 0 Å². The summed E-state index contributed by atoms with van der Waals surface area (Å²) in [7, 11) is 0. The minimum Gasteiger partial charge on any atom is -0.464 e. The van der Waals surface area contributed by atoms with E-state index < -0.39 is 0 Å². The average Bonchev–Trinajstić information content (AvgIpc) is 3.14. The summed E-state index contributed by atoms with van der Waals surface area (Å²) in [5.41, 5.74) is 4.28. The molecule has 128 valence electrons. The molecule has 1 aromatic heterocycles. The van der Waals surface area contributed by atoms with Gasteiger partial charge in [0.1, 0.15) is 5.75 Å². The molecule has 2 atom stereocenters. The summed E-state index contributed by atoms with van der Waals surface area (Å²) in [6.07, 6.45) is 4.12. The number of aromatic nitrogens is 1. The monoisotopic (exact) mass is 361 g/mol. The molecule has 26 heavy (non-hydrogen) atoms. The number of nitrogens with zero attached hydrogens (tertiary/aromatic N) is 3. The van der Waals surface area contributed by atoms with Gasteiger partial charge in [0.25, 0.3) is 0 Å². The summed E-state index contributed by atoms with van der Waals surface area (Å²) in [5, 5.41) is 7.71. The molecule has 0 bridgehead atoms. The highest BCUT2D eigenvalue weighted by atomic mass is 35.5. The second-order valence-electron chi connectivity index (χ2n) is 6.45. The molecule has 5 heteroatoms. The Balaban J connectivity index is 1.60. The molecule has 0 spiro atoms. The maximum Gasteiger partial charge on any atom is 0.213 e. The Kier molecular flexibility index (Phi) is 3.64. The van der Waals surface area contributed by atoms with Gasteiger partial charge < -0.3 is 4.74 Å². The fraction of sp³-hybridized carbons (Fsp3) is 0.143. The van der Waals surface area contributed by atoms with E-state index >= 15 is 0 Å². The Morgan fingerprint density at radius 3 is 2.69 bits per heavy atom. The van der Waals surface area contributed by atoms with Crippen molar-refractivity contribution in [2.24, 2.45) is 5.10 Å². The minimum absolute atomic E-state index is 0.145. The third-order valence-corrected chi connectivity index (χ3v) is 5.08. The van der Waals surface area contributed by atoms with Crippen molar-refractivity contribution in [3.63, 3.8) is 0 Å². The van der Waals surface area contributed by atoms with Crippen LogP contribution in [0.1, 0.15) is 35.4 Å². The second kappa shape index (κ2) is 6.15. The lowest BCUT2D eigenvalue weighted by Crippen LogP contribution is -2.33. The van der Waals surface area contributed by atoms with Crippen LogP contribution in [0.2, 0.25) is 5.02 Å².